The summed E-state index contributed by atoms with van der Waals surface area (Å²) in [4.78, 5) is 12.9. The Morgan fingerprint density at radius 2 is 2.13 bits per heavy atom. The zero-order chi connectivity index (χ0) is 17.9. The molecular formula is C17H32NO4Si+. The second-order valence-corrected chi connectivity index (χ2v) is 7.91. The van der Waals surface area contributed by atoms with Crippen molar-refractivity contribution >= 4 is 16.6 Å². The van der Waals surface area contributed by atoms with Crippen molar-refractivity contribution in [3.63, 3.8) is 0 Å². The third-order valence-corrected chi connectivity index (χ3v) is 5.99. The molecule has 6 heteroatoms. The molecule has 4 atom stereocenters. The highest BCUT2D eigenvalue weighted by Crippen LogP contribution is 2.52. The van der Waals surface area contributed by atoms with Gasteiger partial charge in [0.25, 0.3) is 0 Å². The molecule has 0 aromatic rings. The summed E-state index contributed by atoms with van der Waals surface area (Å²) < 4.78 is 11.1. The van der Waals surface area contributed by atoms with Crippen LogP contribution in [0.3, 0.4) is 0 Å². The molecule has 2 unspecified atom stereocenters. The fourth-order valence-electron chi connectivity index (χ4n) is 3.81. The molecule has 1 aliphatic heterocycles. The highest BCUT2D eigenvalue weighted by molar-refractivity contribution is 5.97. The number of quaternary nitrogens is 1. The average molecular weight is 343 g/mol. The van der Waals surface area contributed by atoms with Crippen molar-refractivity contribution in [2.45, 2.75) is 40.2 Å². The molecule has 5 nitrogen and oxygen atoms in total. The number of aliphatic hydroxyl groups excluding tert-OH is 1. The van der Waals surface area contributed by atoms with Crippen molar-refractivity contribution in [1.82, 2.24) is 0 Å². The molecule has 0 saturated carbocycles. The van der Waals surface area contributed by atoms with Gasteiger partial charge in [-0.2, -0.15) is 4.79 Å². The number of ether oxygens (including phenoxy) is 1. The highest BCUT2D eigenvalue weighted by atomic mass is 28.2. The predicted molar refractivity (Wildman–Crippen MR) is 94.4 cm³/mol. The Balaban J connectivity index is 3.40. The number of hydroxylamine groups is 3. The molecule has 1 rings (SSSR count). The average Bonchev–Trinajstić information content (AvgIpc) is 2.72. The Bertz CT molecular complexity index is 474. The van der Waals surface area contributed by atoms with Gasteiger partial charge in [0.1, 0.15) is 13.2 Å². The quantitative estimate of drug-likeness (QED) is 0.471. The molecule has 0 aliphatic carbocycles. The first-order valence-electron chi connectivity index (χ1n) is 8.11. The largest absolute Gasteiger partial charge is 0.549 e. The number of amides is 1. The second-order valence-electron chi connectivity index (χ2n) is 7.54. The lowest BCUT2D eigenvalue weighted by Gasteiger charge is -2.40. The van der Waals surface area contributed by atoms with Gasteiger partial charge in [-0.05, 0) is 18.4 Å². The maximum Gasteiger partial charge on any atom is 0.549 e. The smallest absolute Gasteiger partial charge is 0.414 e. The summed E-state index contributed by atoms with van der Waals surface area (Å²) in [5.41, 5.74) is -0.548. The van der Waals surface area contributed by atoms with E-state index in [9.17, 15) is 9.90 Å². The van der Waals surface area contributed by atoms with E-state index in [1.807, 2.05) is 13.0 Å². The Morgan fingerprint density at radius 1 is 1.52 bits per heavy atom. The lowest BCUT2D eigenvalue weighted by atomic mass is 9.70. The first-order valence-corrected chi connectivity index (χ1v) is 8.93. The number of aliphatic hydroxyl groups is 1. The molecule has 1 aliphatic rings. The van der Waals surface area contributed by atoms with E-state index in [1.54, 1.807) is 12.2 Å². The van der Waals surface area contributed by atoms with E-state index in [2.05, 4.69) is 34.3 Å². The lowest BCUT2D eigenvalue weighted by molar-refractivity contribution is -1.05. The minimum atomic E-state index is -0.583. The monoisotopic (exact) mass is 342 g/mol. The van der Waals surface area contributed by atoms with Crippen LogP contribution in [-0.4, -0.2) is 51.6 Å². The third-order valence-electron chi connectivity index (χ3n) is 5.36. The minimum absolute atomic E-state index is 0.0343. The number of nitrogens with zero attached hydrogens (tertiary/aromatic N) is 1. The van der Waals surface area contributed by atoms with Gasteiger partial charge < -0.3 is 9.84 Å². The number of hydrogen-bond donors (Lipinski definition) is 1. The van der Waals surface area contributed by atoms with Gasteiger partial charge in [-0.3, -0.25) is 4.53 Å². The topological polar surface area (TPSA) is 55.8 Å². The zero-order valence-corrected chi connectivity index (χ0v) is 17.3. The van der Waals surface area contributed by atoms with Crippen molar-refractivity contribution in [2.75, 3.05) is 19.8 Å². The Morgan fingerprint density at radius 3 is 2.57 bits per heavy atom. The Labute approximate surface area is 143 Å². The summed E-state index contributed by atoms with van der Waals surface area (Å²) in [6.07, 6.45) is 4.78. The second kappa shape index (κ2) is 7.30. The van der Waals surface area contributed by atoms with Crippen molar-refractivity contribution in [1.29, 1.82) is 0 Å². The van der Waals surface area contributed by atoms with Crippen molar-refractivity contribution in [3.8, 4) is 0 Å². The molecule has 0 aromatic heterocycles. The van der Waals surface area contributed by atoms with Crippen LogP contribution >= 0.6 is 0 Å². The van der Waals surface area contributed by atoms with Gasteiger partial charge in [0.05, 0.1) is 6.61 Å². The van der Waals surface area contributed by atoms with Crippen LogP contribution in [0.5, 0.6) is 0 Å². The first kappa shape index (κ1) is 20.1. The fraction of sp³-hybridized carbons (Fsp3) is 0.706. The van der Waals surface area contributed by atoms with Crippen LogP contribution in [0.25, 0.3) is 0 Å². The van der Waals surface area contributed by atoms with E-state index >= 15 is 0 Å². The van der Waals surface area contributed by atoms with Crippen LogP contribution in [0.1, 0.15) is 34.6 Å². The summed E-state index contributed by atoms with van der Waals surface area (Å²) in [5.74, 6) is 0.469. The van der Waals surface area contributed by atoms with E-state index in [1.165, 1.54) is 0 Å². The molecular weight excluding hydrogens is 310 g/mol. The van der Waals surface area contributed by atoms with Crippen LogP contribution < -0.4 is 0 Å². The lowest BCUT2D eigenvalue weighted by Crippen LogP contribution is -2.63. The summed E-state index contributed by atoms with van der Waals surface area (Å²) in [6.45, 7) is 15.0. The predicted octanol–water partition coefficient (Wildman–Crippen LogP) is 1.96. The number of rotatable bonds is 5. The SMILES string of the molecule is C=CCOC(=O)[N+]1(O[SiH3])C[C@@H](C(C)(C)C)C(C)[C@]1(C)/C=C\CO. The number of carbonyl (C=O) groups is 1. The first-order chi connectivity index (χ1) is 10.6. The molecule has 1 heterocycles. The maximum atomic E-state index is 12.9. The normalized spacial score (nSPS) is 34.9. The highest BCUT2D eigenvalue weighted by Gasteiger charge is 2.67. The van der Waals surface area contributed by atoms with Crippen LogP contribution in [0.2, 0.25) is 0 Å². The molecule has 132 valence electrons. The number of likely N-dealkylation sites (tertiary alicyclic amines) is 1. The Hall–Kier alpha value is -0.953. The van der Waals surface area contributed by atoms with E-state index < -0.39 is 5.54 Å². The van der Waals surface area contributed by atoms with Crippen LogP contribution in [0.4, 0.5) is 4.79 Å². The molecule has 0 aromatic carbocycles. The van der Waals surface area contributed by atoms with Crippen LogP contribution in [-0.2, 0) is 9.26 Å². The third kappa shape index (κ3) is 3.45. The molecule has 0 radical (unpaired) electrons. The number of carbonyl (C=O) groups excluding carboxylic acids is 1. The summed E-state index contributed by atoms with van der Waals surface area (Å²) in [6, 6.07) is 0. The summed E-state index contributed by atoms with van der Waals surface area (Å²) in [5, 5.41) is 9.22. The van der Waals surface area contributed by atoms with Gasteiger partial charge in [-0.1, -0.05) is 51.1 Å². The van der Waals surface area contributed by atoms with E-state index in [4.69, 9.17) is 9.26 Å². The van der Waals surface area contributed by atoms with Gasteiger partial charge in [0, 0.05) is 11.8 Å². The summed E-state index contributed by atoms with van der Waals surface area (Å²) >= 11 is 0. The molecule has 0 bridgehead atoms. The molecule has 1 fully saturated rings. The Kier molecular flexibility index (Phi) is 6.37. The molecule has 1 saturated heterocycles. The van der Waals surface area contributed by atoms with Crippen LogP contribution in [0.15, 0.2) is 24.8 Å². The van der Waals surface area contributed by atoms with E-state index in [0.717, 1.165) is 0 Å². The standard InChI is InChI=1S/C17H32NO4Si/c1-7-11-21-15(20)18(22-23)12-14(16(3,4)5)13(2)17(18,6)9-8-10-19/h7-9,13-14,19H,1,10-12H2,2-6,23H3/q+1/b9-8-/t13?,14-,17+,18?/m1/s1. The van der Waals surface area contributed by atoms with Gasteiger partial charge in [0.2, 0.25) is 10.5 Å². The van der Waals surface area contributed by atoms with Crippen molar-refractivity contribution in [3.05, 3.63) is 24.8 Å². The maximum absolute atomic E-state index is 12.9. The molecule has 1 N–H and O–H groups in total. The van der Waals surface area contributed by atoms with Gasteiger partial charge >= 0.3 is 6.09 Å². The molecule has 23 heavy (non-hydrogen) atoms. The molecule has 1 amide bonds. The van der Waals surface area contributed by atoms with Gasteiger partial charge in [-0.25, -0.2) is 0 Å². The van der Waals surface area contributed by atoms with E-state index in [-0.39, 0.29) is 41.2 Å². The zero-order valence-electron chi connectivity index (χ0n) is 15.3. The number of hydrogen-bond acceptors (Lipinski definition) is 4. The van der Waals surface area contributed by atoms with Crippen LogP contribution in [0, 0.1) is 17.3 Å². The van der Waals surface area contributed by atoms with Crippen molar-refractivity contribution < 1.29 is 23.8 Å². The minimum Gasteiger partial charge on any atom is -0.414 e. The summed E-state index contributed by atoms with van der Waals surface area (Å²) in [7, 11) is 0.410. The van der Waals surface area contributed by atoms with E-state index in [0.29, 0.717) is 17.0 Å². The van der Waals surface area contributed by atoms with Crippen molar-refractivity contribution in [2.24, 2.45) is 17.3 Å². The molecule has 0 spiro atoms. The fourth-order valence-corrected chi connectivity index (χ4v) is 4.50. The van der Waals surface area contributed by atoms with Gasteiger partial charge in [-0.15, -0.1) is 0 Å². The van der Waals surface area contributed by atoms with Gasteiger partial charge in [0.15, 0.2) is 5.54 Å².